The predicted octanol–water partition coefficient (Wildman–Crippen LogP) is 3.81. The van der Waals surface area contributed by atoms with E-state index >= 15 is 0 Å². The summed E-state index contributed by atoms with van der Waals surface area (Å²) in [6.07, 6.45) is -1.71. The van der Waals surface area contributed by atoms with Crippen LogP contribution in [0.25, 0.3) is 0 Å². The van der Waals surface area contributed by atoms with Crippen molar-refractivity contribution in [3.63, 3.8) is 0 Å². The first kappa shape index (κ1) is 5.76. The number of hydrogen-bond acceptors (Lipinski definition) is 3. The lowest BCUT2D eigenvalue weighted by atomic mass is 10.2. The molecule has 0 aromatic heterocycles. The van der Waals surface area contributed by atoms with E-state index in [1.165, 1.54) is 20.8 Å². The van der Waals surface area contributed by atoms with Crippen molar-refractivity contribution in [3.8, 4) is 0 Å². The standard InChI is InChI=1S/C16H23BrN2O2/c1-12-9-13(17)11-14(10-12)18-5-7-19(8-6-18)15(20)21-16(2,3)4/h9-11H,5-8H2,1-4H3/i1D3,5D2,6D2,7D2,8D2,9D,10D,11D. The second-order valence-corrected chi connectivity index (χ2v) is 5.80. The number of ether oxygens (including phenoxy) is 1. The Hall–Kier alpha value is -1.23. The summed E-state index contributed by atoms with van der Waals surface area (Å²) in [6, 6.07) is -2.95. The maximum absolute atomic E-state index is 12.8. The molecule has 1 fully saturated rings. The van der Waals surface area contributed by atoms with Gasteiger partial charge in [0.25, 0.3) is 0 Å². The molecule has 2 rings (SSSR count). The third-order valence-corrected chi connectivity index (χ3v) is 2.45. The third kappa shape index (κ3) is 4.63. The zero-order chi connectivity index (χ0) is 27.9. The summed E-state index contributed by atoms with van der Waals surface area (Å²) in [4.78, 5) is 12.2. The summed E-state index contributed by atoms with van der Waals surface area (Å²) in [5, 5.41) is 0. The van der Waals surface area contributed by atoms with E-state index in [1.54, 1.807) is 0 Å². The minimum Gasteiger partial charge on any atom is -0.444 e. The number of nitrogens with zero attached hydrogens (tertiary/aromatic N) is 2. The first-order chi connectivity index (χ1) is 15.3. The topological polar surface area (TPSA) is 32.8 Å². The van der Waals surface area contributed by atoms with Crippen molar-refractivity contribution >= 4 is 27.7 Å². The summed E-state index contributed by atoms with van der Waals surface area (Å²) in [6.45, 7) is -13.7. The van der Waals surface area contributed by atoms with Crippen LogP contribution in [0.3, 0.4) is 0 Å². The molecule has 0 saturated carbocycles. The van der Waals surface area contributed by atoms with Gasteiger partial charge in [-0.05, 0) is 51.3 Å². The van der Waals surface area contributed by atoms with Crippen LogP contribution in [0.4, 0.5) is 10.5 Å². The maximum Gasteiger partial charge on any atom is 0.410 e. The Morgan fingerprint density at radius 2 is 2.00 bits per heavy atom. The van der Waals surface area contributed by atoms with Gasteiger partial charge >= 0.3 is 6.09 Å². The average molecular weight is 369 g/mol. The molecule has 0 atom stereocenters. The number of anilines is 1. The number of benzene rings is 1. The molecule has 0 spiro atoms. The van der Waals surface area contributed by atoms with E-state index in [4.69, 9.17) is 23.9 Å². The largest absolute Gasteiger partial charge is 0.444 e. The molecule has 1 heterocycles. The SMILES string of the molecule is [2H]c1c(Br)c([2H])c(C([2H])([2H])[2H])c([2H])c1N1C([2H])([2H])C([2H])([2H])N(C(=O)OC(C)(C)C)C([2H])([2H])C1([2H])[2H]. The molecule has 1 amide bonds. The Bertz CT molecular complexity index is 1020. The number of amides is 1. The fraction of sp³-hybridized carbons (Fsp3) is 0.562. The van der Waals surface area contributed by atoms with E-state index in [0.29, 0.717) is 0 Å². The van der Waals surface area contributed by atoms with Crippen LogP contribution in [0, 0.1) is 6.85 Å². The van der Waals surface area contributed by atoms with Crippen LogP contribution in [0.2, 0.25) is 0 Å². The third-order valence-electron chi connectivity index (χ3n) is 2.05. The minimum absolute atomic E-state index is 0.190. The van der Waals surface area contributed by atoms with Crippen LogP contribution < -0.4 is 4.90 Å². The molecular formula is C16H23BrN2O2. The van der Waals surface area contributed by atoms with Crippen LogP contribution in [0.15, 0.2) is 22.6 Å². The molecule has 116 valence electrons. The van der Waals surface area contributed by atoms with E-state index in [1.807, 2.05) is 0 Å². The minimum atomic E-state index is -3.68. The lowest BCUT2D eigenvalue weighted by molar-refractivity contribution is 0.0240. The number of hydrogen-bond donors (Lipinski definition) is 0. The van der Waals surface area contributed by atoms with Crippen LogP contribution in [0.1, 0.15) is 45.5 Å². The monoisotopic (exact) mass is 368 g/mol. The van der Waals surface area contributed by atoms with Crippen molar-refractivity contribution in [2.75, 3.05) is 30.9 Å². The Morgan fingerprint density at radius 1 is 1.33 bits per heavy atom. The van der Waals surface area contributed by atoms with Crippen molar-refractivity contribution in [1.29, 1.82) is 0 Å². The number of carbonyl (C=O) groups excluding carboxylic acids is 1. The second-order valence-electron chi connectivity index (χ2n) is 5.01. The summed E-state index contributed by atoms with van der Waals surface area (Å²) in [7, 11) is 0. The highest BCUT2D eigenvalue weighted by Gasteiger charge is 2.25. The molecule has 1 saturated heterocycles. The smallest absolute Gasteiger partial charge is 0.410 e. The highest BCUT2D eigenvalue weighted by Crippen LogP contribution is 2.24. The van der Waals surface area contributed by atoms with E-state index in [0.717, 1.165) is 0 Å². The molecule has 5 heteroatoms. The predicted molar refractivity (Wildman–Crippen MR) is 88.9 cm³/mol. The molecule has 1 aromatic carbocycles. The van der Waals surface area contributed by atoms with Gasteiger partial charge in [-0.15, -0.1) is 0 Å². The Balaban J connectivity index is 2.98. The fourth-order valence-electron chi connectivity index (χ4n) is 1.30. The fourth-order valence-corrected chi connectivity index (χ4v) is 1.69. The van der Waals surface area contributed by atoms with Crippen molar-refractivity contribution in [2.45, 2.75) is 33.2 Å². The van der Waals surface area contributed by atoms with Crippen molar-refractivity contribution in [1.82, 2.24) is 4.90 Å². The highest BCUT2D eigenvalue weighted by molar-refractivity contribution is 9.10. The van der Waals surface area contributed by atoms with Gasteiger partial charge in [-0.2, -0.15) is 0 Å². The van der Waals surface area contributed by atoms with Crippen LogP contribution in [-0.4, -0.2) is 42.6 Å². The first-order valence-electron chi connectivity index (χ1n) is 12.9. The Morgan fingerprint density at radius 3 is 2.57 bits per heavy atom. The van der Waals surface area contributed by atoms with Gasteiger partial charge in [0.05, 0.1) is 15.1 Å². The summed E-state index contributed by atoms with van der Waals surface area (Å²) in [5.41, 5.74) is -3.39. The molecule has 21 heavy (non-hydrogen) atoms. The van der Waals surface area contributed by atoms with Gasteiger partial charge in [0, 0.05) is 40.3 Å². The average Bonchev–Trinajstić information content (AvgIpc) is 2.58. The van der Waals surface area contributed by atoms with E-state index in [2.05, 4.69) is 15.9 Å². The van der Waals surface area contributed by atoms with Crippen LogP contribution >= 0.6 is 15.9 Å². The molecule has 4 nitrogen and oxygen atoms in total. The Labute approximate surface area is 154 Å². The molecule has 0 radical (unpaired) electrons. The Kier molecular flexibility index (Phi) is 1.72. The zero-order valence-electron chi connectivity index (χ0n) is 25.6. The highest BCUT2D eigenvalue weighted by atomic mass is 79.9. The number of rotatable bonds is 1. The molecule has 1 aliphatic rings. The summed E-state index contributed by atoms with van der Waals surface area (Å²) in [5.74, 6) is 0. The molecular weight excluding hydrogens is 332 g/mol. The van der Waals surface area contributed by atoms with Gasteiger partial charge in [-0.25, -0.2) is 4.79 Å². The first-order valence-corrected chi connectivity index (χ1v) is 6.69. The van der Waals surface area contributed by atoms with Gasteiger partial charge in [-0.1, -0.05) is 15.9 Å². The molecule has 0 bridgehead atoms. The van der Waals surface area contributed by atoms with E-state index < -0.39 is 78.4 Å². The lowest BCUT2D eigenvalue weighted by Gasteiger charge is -2.37. The summed E-state index contributed by atoms with van der Waals surface area (Å²) < 4.78 is 119. The number of halogens is 1. The van der Waals surface area contributed by atoms with Crippen LogP contribution in [0.5, 0.6) is 0 Å². The molecule has 1 aromatic rings. The van der Waals surface area contributed by atoms with Gasteiger partial charge in [0.15, 0.2) is 0 Å². The van der Waals surface area contributed by atoms with Gasteiger partial charge in [-0.3, -0.25) is 0 Å². The molecule has 0 N–H and O–H groups in total. The van der Waals surface area contributed by atoms with Crippen molar-refractivity contribution in [2.24, 2.45) is 0 Å². The van der Waals surface area contributed by atoms with Gasteiger partial charge in [0.2, 0.25) is 0 Å². The lowest BCUT2D eigenvalue weighted by Crippen LogP contribution is -2.50. The van der Waals surface area contributed by atoms with E-state index in [9.17, 15) is 4.79 Å². The van der Waals surface area contributed by atoms with Gasteiger partial charge < -0.3 is 14.5 Å². The number of carbonyl (C=O) groups is 1. The quantitative estimate of drug-likeness (QED) is 0.755. The molecule has 0 aliphatic carbocycles. The van der Waals surface area contributed by atoms with Crippen molar-refractivity contribution in [3.05, 3.63) is 28.2 Å². The summed E-state index contributed by atoms with van der Waals surface area (Å²) >= 11 is 2.82. The van der Waals surface area contributed by atoms with E-state index in [-0.39, 0.29) is 9.80 Å². The van der Waals surface area contributed by atoms with Gasteiger partial charge in [0.1, 0.15) is 5.60 Å². The molecule has 0 unspecified atom stereocenters. The van der Waals surface area contributed by atoms with Crippen LogP contribution in [-0.2, 0) is 4.74 Å². The maximum atomic E-state index is 12.8. The number of piperazine rings is 1. The normalized spacial score (nSPS) is 36.0. The van der Waals surface area contributed by atoms with Crippen molar-refractivity contribution < 1.29 is 28.7 Å². The molecule has 1 aliphatic heterocycles. The zero-order valence-corrected chi connectivity index (χ0v) is 13.2. The second kappa shape index (κ2) is 6.26.